The van der Waals surface area contributed by atoms with Crippen molar-refractivity contribution < 1.29 is 27.5 Å². The number of amides is 1. The lowest BCUT2D eigenvalue weighted by Crippen LogP contribution is -2.57. The third kappa shape index (κ3) is 8.52. The molecular formula is C31H40N6O6S. The Morgan fingerprint density at radius 2 is 1.68 bits per heavy atom. The number of methoxy groups -OCH3 is 1. The van der Waals surface area contributed by atoms with Crippen LogP contribution in [0.1, 0.15) is 44.5 Å². The molecule has 1 fully saturated rings. The minimum atomic E-state index is -4.06. The number of nitrogens with one attached hydrogen (secondary N) is 3. The van der Waals surface area contributed by atoms with Crippen LogP contribution < -0.4 is 20.3 Å². The van der Waals surface area contributed by atoms with Gasteiger partial charge in [-0.2, -0.15) is 4.72 Å². The van der Waals surface area contributed by atoms with Gasteiger partial charge in [0.05, 0.1) is 17.0 Å². The molecule has 1 aromatic heterocycles. The highest BCUT2D eigenvalue weighted by Gasteiger charge is 2.36. The summed E-state index contributed by atoms with van der Waals surface area (Å²) in [6, 6.07) is 15.1. The van der Waals surface area contributed by atoms with Gasteiger partial charge < -0.3 is 25.0 Å². The van der Waals surface area contributed by atoms with Crippen molar-refractivity contribution in [2.45, 2.75) is 68.8 Å². The predicted octanol–water partition coefficient (Wildman–Crippen LogP) is 2.99. The van der Waals surface area contributed by atoms with E-state index in [4.69, 9.17) is 9.47 Å². The summed E-state index contributed by atoms with van der Waals surface area (Å²) >= 11 is 0. The monoisotopic (exact) mass is 624 g/mol. The van der Waals surface area contributed by atoms with Crippen molar-refractivity contribution in [1.82, 2.24) is 20.0 Å². The normalized spacial score (nSPS) is 19.6. The maximum absolute atomic E-state index is 13.1. The van der Waals surface area contributed by atoms with E-state index in [1.54, 1.807) is 76.7 Å². The second kappa shape index (κ2) is 14.1. The van der Waals surface area contributed by atoms with Crippen molar-refractivity contribution >= 4 is 33.5 Å². The third-order valence-electron chi connectivity index (χ3n) is 7.20. The minimum Gasteiger partial charge on any atom is -0.459 e. The van der Waals surface area contributed by atoms with Crippen LogP contribution in [0.3, 0.4) is 0 Å². The van der Waals surface area contributed by atoms with Gasteiger partial charge in [-0.15, -0.1) is 0 Å². The molecule has 1 aliphatic rings. The molecule has 0 spiro atoms. The van der Waals surface area contributed by atoms with Crippen molar-refractivity contribution in [2.24, 2.45) is 0 Å². The smallest absolute Gasteiger partial charge is 0.326 e. The lowest BCUT2D eigenvalue weighted by atomic mass is 9.93. The average molecular weight is 625 g/mol. The van der Waals surface area contributed by atoms with E-state index < -0.39 is 33.5 Å². The molecule has 12 nitrogen and oxygen atoms in total. The van der Waals surface area contributed by atoms with E-state index in [1.165, 1.54) is 12.1 Å². The molecule has 1 aliphatic heterocycles. The first-order valence-corrected chi connectivity index (χ1v) is 15.9. The van der Waals surface area contributed by atoms with Gasteiger partial charge >= 0.3 is 5.97 Å². The molecule has 0 aliphatic carbocycles. The zero-order valence-corrected chi connectivity index (χ0v) is 26.4. The van der Waals surface area contributed by atoms with Crippen LogP contribution in [-0.4, -0.2) is 80.3 Å². The quantitative estimate of drug-likeness (QED) is 0.272. The fraction of sp³-hybridized carbons (Fsp3) is 0.419. The number of rotatable bonds is 11. The Bertz CT molecular complexity index is 1500. The van der Waals surface area contributed by atoms with Crippen molar-refractivity contribution in [3.05, 3.63) is 78.6 Å². The molecule has 2 heterocycles. The summed E-state index contributed by atoms with van der Waals surface area (Å²) in [6.07, 6.45) is 4.10. The minimum absolute atomic E-state index is 0.00651. The number of piperidine rings is 1. The Hall–Kier alpha value is -4.07. The lowest BCUT2D eigenvalue weighted by Gasteiger charge is -2.45. The van der Waals surface area contributed by atoms with E-state index in [0.29, 0.717) is 11.5 Å². The Morgan fingerprint density at radius 3 is 2.30 bits per heavy atom. The summed E-state index contributed by atoms with van der Waals surface area (Å²) in [5.41, 5.74) is 0.422. The summed E-state index contributed by atoms with van der Waals surface area (Å²) in [4.78, 5) is 36.8. The largest absolute Gasteiger partial charge is 0.459 e. The van der Waals surface area contributed by atoms with Gasteiger partial charge in [-0.25, -0.2) is 18.4 Å². The number of sulfonamides is 1. The topological polar surface area (TPSA) is 152 Å². The molecule has 2 aromatic carbocycles. The number of nitrogens with zero attached hydrogens (tertiary/aromatic N) is 3. The van der Waals surface area contributed by atoms with Crippen LogP contribution in [0.5, 0.6) is 0 Å². The molecule has 0 radical (unpaired) electrons. The number of carbonyl (C=O) groups is 2. The Balaban J connectivity index is 1.44. The number of esters is 1. The van der Waals surface area contributed by atoms with E-state index in [-0.39, 0.29) is 29.6 Å². The second-order valence-electron chi connectivity index (χ2n) is 11.5. The van der Waals surface area contributed by atoms with Crippen LogP contribution in [0.25, 0.3) is 0 Å². The molecule has 2 unspecified atom stereocenters. The van der Waals surface area contributed by atoms with Gasteiger partial charge in [0.1, 0.15) is 11.6 Å². The highest BCUT2D eigenvalue weighted by atomic mass is 32.2. The van der Waals surface area contributed by atoms with Crippen molar-refractivity contribution in [3.8, 4) is 0 Å². The molecular weight excluding hydrogens is 584 g/mol. The fourth-order valence-corrected chi connectivity index (χ4v) is 6.23. The number of benzene rings is 2. The van der Waals surface area contributed by atoms with Gasteiger partial charge in [-0.05, 0) is 76.6 Å². The molecule has 236 valence electrons. The summed E-state index contributed by atoms with van der Waals surface area (Å²) in [7, 11) is -2.36. The fourth-order valence-electron chi connectivity index (χ4n) is 5.02. The maximum Gasteiger partial charge on any atom is 0.326 e. The molecule has 1 amide bonds. The van der Waals surface area contributed by atoms with Gasteiger partial charge in [-0.3, -0.25) is 9.59 Å². The molecule has 44 heavy (non-hydrogen) atoms. The highest BCUT2D eigenvalue weighted by Crippen LogP contribution is 2.28. The predicted molar refractivity (Wildman–Crippen MR) is 167 cm³/mol. The lowest BCUT2D eigenvalue weighted by molar-refractivity contribution is -0.156. The summed E-state index contributed by atoms with van der Waals surface area (Å²) in [6.45, 7) is 7.58. The van der Waals surface area contributed by atoms with E-state index in [2.05, 4.69) is 37.1 Å². The SMILES string of the molecule is CO[C@H]1CCN(c2ccc(C(=O)NCC(NS(=O)(=O)c3ccccc3)C(=O)OC(C)(C)C)cc2)[C@H](C)C1Nc1ncccn1. The van der Waals surface area contributed by atoms with Crippen molar-refractivity contribution in [2.75, 3.05) is 30.4 Å². The van der Waals surface area contributed by atoms with Gasteiger partial charge in [-0.1, -0.05) is 18.2 Å². The molecule has 1 saturated heterocycles. The Kier molecular flexibility index (Phi) is 10.6. The van der Waals surface area contributed by atoms with E-state index in [9.17, 15) is 18.0 Å². The highest BCUT2D eigenvalue weighted by molar-refractivity contribution is 7.89. The van der Waals surface area contributed by atoms with Gasteiger partial charge in [0, 0.05) is 49.9 Å². The van der Waals surface area contributed by atoms with E-state index in [0.717, 1.165) is 18.7 Å². The van der Waals surface area contributed by atoms with Crippen LogP contribution in [-0.2, 0) is 24.3 Å². The molecule has 4 atom stereocenters. The number of ether oxygens (including phenoxy) is 2. The summed E-state index contributed by atoms with van der Waals surface area (Å²) in [5.74, 6) is -0.739. The Morgan fingerprint density at radius 1 is 1.02 bits per heavy atom. The first-order chi connectivity index (χ1) is 20.9. The third-order valence-corrected chi connectivity index (χ3v) is 8.69. The van der Waals surface area contributed by atoms with Crippen LogP contribution in [0.2, 0.25) is 0 Å². The number of hydrogen-bond acceptors (Lipinski definition) is 10. The van der Waals surface area contributed by atoms with Crippen LogP contribution in [0.4, 0.5) is 11.6 Å². The zero-order valence-electron chi connectivity index (χ0n) is 25.6. The molecule has 3 N–H and O–H groups in total. The molecule has 0 saturated carbocycles. The molecule has 4 rings (SSSR count). The van der Waals surface area contributed by atoms with E-state index >= 15 is 0 Å². The first-order valence-electron chi connectivity index (χ1n) is 14.4. The number of carbonyl (C=O) groups excluding carboxylic acids is 2. The zero-order chi connectivity index (χ0) is 31.9. The summed E-state index contributed by atoms with van der Waals surface area (Å²) in [5, 5.41) is 6.07. The number of hydrogen-bond donors (Lipinski definition) is 3. The maximum atomic E-state index is 13.1. The second-order valence-corrected chi connectivity index (χ2v) is 13.2. The standard InChI is InChI=1S/C31H40N6O6S/c1-21-27(35-30-32-17-9-18-33-30)26(42-5)16-19-37(21)23-14-12-22(13-15-23)28(38)34-20-25(29(39)43-31(2,3)4)36-44(40,41)24-10-7-6-8-11-24/h6-15,17-18,21,25-27,36H,16,19-20H2,1-5H3,(H,34,38)(H,32,33,35)/t21-,25?,26+,27?/m1/s1. The average Bonchev–Trinajstić information content (AvgIpc) is 3.00. The van der Waals surface area contributed by atoms with Crippen LogP contribution in [0.15, 0.2) is 78.0 Å². The molecule has 13 heteroatoms. The van der Waals surface area contributed by atoms with Gasteiger partial charge in [0.2, 0.25) is 16.0 Å². The number of aromatic nitrogens is 2. The summed E-state index contributed by atoms with van der Waals surface area (Å²) < 4.78 is 39.5. The Labute approximate surface area is 258 Å². The molecule has 0 bridgehead atoms. The van der Waals surface area contributed by atoms with Gasteiger partial charge in [0.25, 0.3) is 5.91 Å². The number of anilines is 2. The van der Waals surface area contributed by atoms with E-state index in [1.807, 2.05) is 12.1 Å². The molecule has 3 aromatic rings. The van der Waals surface area contributed by atoms with Crippen molar-refractivity contribution in [1.29, 1.82) is 0 Å². The van der Waals surface area contributed by atoms with Crippen LogP contribution in [0, 0.1) is 0 Å². The van der Waals surface area contributed by atoms with Gasteiger partial charge in [0.15, 0.2) is 0 Å². The first kappa shape index (κ1) is 32.8. The van der Waals surface area contributed by atoms with Crippen molar-refractivity contribution in [3.63, 3.8) is 0 Å². The van der Waals surface area contributed by atoms with Crippen LogP contribution >= 0.6 is 0 Å².